The van der Waals surface area contributed by atoms with Crippen LogP contribution in [0.2, 0.25) is 0 Å². The Labute approximate surface area is 150 Å². The first-order chi connectivity index (χ1) is 11.8. The largest absolute Gasteiger partial charge is 0.384 e. The van der Waals surface area contributed by atoms with Gasteiger partial charge in [0.1, 0.15) is 27.6 Å². The molecule has 25 heavy (non-hydrogen) atoms. The second-order valence-electron chi connectivity index (χ2n) is 5.43. The number of thioether (sulfide) groups is 1. The van der Waals surface area contributed by atoms with Gasteiger partial charge in [0, 0.05) is 17.3 Å². The number of Topliss-reactive ketones (excluding diaryl/α,β-unsaturated/α-hetero) is 1. The summed E-state index contributed by atoms with van der Waals surface area (Å²) in [4.78, 5) is 48.5. The minimum Gasteiger partial charge on any atom is -0.384 e. The smallest absolute Gasteiger partial charge is 0.329 e. The quantitative estimate of drug-likeness (QED) is 0.398. The van der Waals surface area contributed by atoms with E-state index in [9.17, 15) is 14.4 Å². The van der Waals surface area contributed by atoms with Crippen LogP contribution in [0.4, 0.5) is 5.82 Å². The zero-order valence-corrected chi connectivity index (χ0v) is 15.4. The second kappa shape index (κ2) is 6.45. The number of carbonyl (C=O) groups excluding carboxylic acids is 1. The maximum Gasteiger partial charge on any atom is 0.329 e. The summed E-state index contributed by atoms with van der Waals surface area (Å²) in [5.74, 6) is -0.628. The van der Waals surface area contributed by atoms with Crippen LogP contribution in [0.3, 0.4) is 0 Å². The predicted octanol–water partition coefficient (Wildman–Crippen LogP) is 1.25. The molecule has 0 saturated heterocycles. The summed E-state index contributed by atoms with van der Waals surface area (Å²) >= 11 is 2.79. The molecular formula is C15H15N5O3S2. The number of aromatic amines is 1. The lowest BCUT2D eigenvalue weighted by Crippen LogP contribution is -2.35. The number of hydrogen-bond acceptors (Lipinski definition) is 8. The molecule has 0 radical (unpaired) electrons. The average Bonchev–Trinajstić information content (AvgIpc) is 2.86. The molecule has 0 bridgehead atoms. The zero-order chi connectivity index (χ0) is 18.3. The summed E-state index contributed by atoms with van der Waals surface area (Å²) in [6, 6.07) is 0. The fourth-order valence-corrected chi connectivity index (χ4v) is 4.36. The molecule has 3 aromatic rings. The van der Waals surface area contributed by atoms with Crippen LogP contribution >= 0.6 is 23.1 Å². The van der Waals surface area contributed by atoms with Gasteiger partial charge in [0.05, 0.1) is 5.75 Å². The van der Waals surface area contributed by atoms with E-state index in [2.05, 4.69) is 15.0 Å². The van der Waals surface area contributed by atoms with Crippen molar-refractivity contribution in [2.45, 2.75) is 18.9 Å². The molecule has 0 aliphatic heterocycles. The van der Waals surface area contributed by atoms with Crippen LogP contribution in [0.1, 0.15) is 20.8 Å². The summed E-state index contributed by atoms with van der Waals surface area (Å²) in [6.07, 6.45) is 1.46. The number of nitrogens with one attached hydrogen (secondary N) is 1. The topological polar surface area (TPSA) is 124 Å². The number of nitrogens with zero attached hydrogens (tertiary/aromatic N) is 3. The third kappa shape index (κ3) is 2.98. The van der Waals surface area contributed by atoms with E-state index in [-0.39, 0.29) is 17.1 Å². The van der Waals surface area contributed by atoms with E-state index >= 15 is 0 Å². The number of fused-ring (bicyclic) bond motifs is 1. The first kappa shape index (κ1) is 17.4. The van der Waals surface area contributed by atoms with E-state index in [0.717, 1.165) is 25.2 Å². The Morgan fingerprint density at radius 2 is 2.08 bits per heavy atom. The summed E-state index contributed by atoms with van der Waals surface area (Å²) in [5, 5.41) is 1.60. The molecule has 0 saturated carbocycles. The molecule has 0 aliphatic rings. The van der Waals surface area contributed by atoms with Crippen molar-refractivity contribution in [2.24, 2.45) is 7.05 Å². The molecule has 0 aliphatic carbocycles. The fraction of sp³-hybridized carbons (Fsp3) is 0.267. The van der Waals surface area contributed by atoms with Gasteiger partial charge in [-0.3, -0.25) is 19.1 Å². The van der Waals surface area contributed by atoms with Gasteiger partial charge in [0.25, 0.3) is 5.56 Å². The van der Waals surface area contributed by atoms with Crippen LogP contribution in [0, 0.1) is 13.8 Å². The zero-order valence-electron chi connectivity index (χ0n) is 13.7. The summed E-state index contributed by atoms with van der Waals surface area (Å²) in [7, 11) is 1.39. The summed E-state index contributed by atoms with van der Waals surface area (Å²) in [5.41, 5.74) is 5.19. The molecule has 0 spiro atoms. The molecule has 3 heterocycles. The predicted molar refractivity (Wildman–Crippen MR) is 98.7 cm³/mol. The molecule has 8 nitrogen and oxygen atoms in total. The van der Waals surface area contributed by atoms with Crippen molar-refractivity contribution in [3.05, 3.63) is 43.2 Å². The number of anilines is 1. The third-order valence-electron chi connectivity index (χ3n) is 3.92. The highest BCUT2D eigenvalue weighted by molar-refractivity contribution is 8.00. The normalized spacial score (nSPS) is 11.2. The third-order valence-corrected chi connectivity index (χ3v) is 6.02. The lowest BCUT2D eigenvalue weighted by atomic mass is 10.2. The van der Waals surface area contributed by atoms with E-state index in [1.54, 1.807) is 11.3 Å². The summed E-state index contributed by atoms with van der Waals surface area (Å²) in [6.45, 7) is 3.99. The number of nitrogens with two attached hydrogens (primary N) is 1. The van der Waals surface area contributed by atoms with Crippen molar-refractivity contribution in [1.29, 1.82) is 0 Å². The van der Waals surface area contributed by atoms with E-state index < -0.39 is 17.0 Å². The molecule has 0 atom stereocenters. The molecule has 0 unspecified atom stereocenters. The van der Waals surface area contributed by atoms with Gasteiger partial charge in [-0.05, 0) is 19.4 Å². The van der Waals surface area contributed by atoms with E-state index in [4.69, 9.17) is 5.73 Å². The fourth-order valence-electron chi connectivity index (χ4n) is 2.37. The molecule has 0 aromatic carbocycles. The molecule has 10 heteroatoms. The Morgan fingerprint density at radius 3 is 2.80 bits per heavy atom. The maximum absolute atomic E-state index is 12.5. The van der Waals surface area contributed by atoms with Gasteiger partial charge in [-0.2, -0.15) is 0 Å². The van der Waals surface area contributed by atoms with Crippen molar-refractivity contribution >= 4 is 44.9 Å². The highest BCUT2D eigenvalue weighted by Gasteiger charge is 2.20. The van der Waals surface area contributed by atoms with Crippen LogP contribution in [-0.4, -0.2) is 31.1 Å². The number of ketones is 1. The number of rotatable bonds is 4. The summed E-state index contributed by atoms with van der Waals surface area (Å²) < 4.78 is 1.04. The van der Waals surface area contributed by atoms with Gasteiger partial charge >= 0.3 is 5.69 Å². The van der Waals surface area contributed by atoms with Gasteiger partial charge in [0.15, 0.2) is 5.78 Å². The lowest BCUT2D eigenvalue weighted by molar-refractivity contribution is 0.102. The molecule has 130 valence electrons. The van der Waals surface area contributed by atoms with Crippen molar-refractivity contribution < 1.29 is 4.79 Å². The Bertz CT molecular complexity index is 1110. The van der Waals surface area contributed by atoms with Gasteiger partial charge in [0.2, 0.25) is 0 Å². The number of aromatic nitrogens is 4. The molecule has 3 N–H and O–H groups in total. The van der Waals surface area contributed by atoms with Gasteiger partial charge in [-0.15, -0.1) is 11.3 Å². The highest BCUT2D eigenvalue weighted by atomic mass is 32.2. The standard InChI is InChI=1S/C15H15N5O3S2/c1-6-7(2)25-14-9(6)13(17-5-18-14)24-4-8(21)10-11(16)20(3)15(23)19-12(10)22/h5H,4,16H2,1-3H3,(H,19,22,23). The van der Waals surface area contributed by atoms with Crippen molar-refractivity contribution in [2.75, 3.05) is 11.5 Å². The van der Waals surface area contributed by atoms with Crippen molar-refractivity contribution in [1.82, 2.24) is 19.5 Å². The molecule has 0 fully saturated rings. The van der Waals surface area contributed by atoms with E-state index in [1.165, 1.54) is 25.1 Å². The van der Waals surface area contributed by atoms with Gasteiger partial charge < -0.3 is 5.73 Å². The first-order valence-corrected chi connectivity index (χ1v) is 9.07. The van der Waals surface area contributed by atoms with Crippen LogP contribution in [-0.2, 0) is 7.05 Å². The number of thiophene rings is 1. The monoisotopic (exact) mass is 377 g/mol. The van der Waals surface area contributed by atoms with Crippen LogP contribution in [0.25, 0.3) is 10.2 Å². The Balaban J connectivity index is 1.93. The van der Waals surface area contributed by atoms with E-state index in [1.807, 2.05) is 13.8 Å². The molecular weight excluding hydrogens is 362 g/mol. The van der Waals surface area contributed by atoms with Crippen LogP contribution < -0.4 is 17.0 Å². The SMILES string of the molecule is Cc1sc2ncnc(SCC(=O)c3c(N)n(C)c(=O)[nH]c3=O)c2c1C. The average molecular weight is 377 g/mol. The lowest BCUT2D eigenvalue weighted by Gasteiger charge is -2.07. The maximum atomic E-state index is 12.5. The van der Waals surface area contributed by atoms with Gasteiger partial charge in [-0.1, -0.05) is 11.8 Å². The minimum absolute atomic E-state index is 0.0219. The highest BCUT2D eigenvalue weighted by Crippen LogP contribution is 2.34. The van der Waals surface area contributed by atoms with Crippen molar-refractivity contribution in [3.8, 4) is 0 Å². The number of H-pyrrole nitrogens is 1. The number of aryl methyl sites for hydroxylation is 2. The second-order valence-corrected chi connectivity index (χ2v) is 7.60. The van der Waals surface area contributed by atoms with Gasteiger partial charge in [-0.25, -0.2) is 14.8 Å². The van der Waals surface area contributed by atoms with Crippen molar-refractivity contribution in [3.63, 3.8) is 0 Å². The Kier molecular flexibility index (Phi) is 4.48. The minimum atomic E-state index is -0.776. The van der Waals surface area contributed by atoms with Crippen LogP contribution in [0.5, 0.6) is 0 Å². The number of hydrogen-bond donors (Lipinski definition) is 2. The Hall–Kier alpha value is -2.46. The van der Waals surface area contributed by atoms with E-state index in [0.29, 0.717) is 5.03 Å². The molecule has 3 aromatic heterocycles. The Morgan fingerprint density at radius 1 is 1.36 bits per heavy atom. The van der Waals surface area contributed by atoms with Crippen LogP contribution in [0.15, 0.2) is 20.9 Å². The number of nitrogen functional groups attached to an aromatic ring is 1. The molecule has 0 amide bonds. The molecule has 3 rings (SSSR count). The number of carbonyl (C=O) groups is 1. The first-order valence-electron chi connectivity index (χ1n) is 7.26.